The van der Waals surface area contributed by atoms with E-state index in [0.717, 1.165) is 45.7 Å². The van der Waals surface area contributed by atoms with Crippen LogP contribution in [-0.4, -0.2) is 52.7 Å². The van der Waals surface area contributed by atoms with E-state index < -0.39 is 10.0 Å². The Kier molecular flexibility index (Phi) is 6.17. The third kappa shape index (κ3) is 5.07. The molecule has 0 spiro atoms. The van der Waals surface area contributed by atoms with Crippen molar-refractivity contribution in [1.82, 2.24) is 9.62 Å². The molecule has 0 aliphatic carbocycles. The van der Waals surface area contributed by atoms with Gasteiger partial charge in [-0.15, -0.1) is 0 Å². The molecule has 1 aromatic carbocycles. The molecule has 1 N–H and O–H groups in total. The Hall–Kier alpha value is -0.950. The molecule has 21 heavy (non-hydrogen) atoms. The van der Waals surface area contributed by atoms with Gasteiger partial charge in [0.25, 0.3) is 0 Å². The van der Waals surface area contributed by atoms with E-state index in [0.29, 0.717) is 11.4 Å². The maximum atomic E-state index is 12.2. The molecule has 0 unspecified atom stereocenters. The van der Waals surface area contributed by atoms with E-state index in [2.05, 4.69) is 16.5 Å². The van der Waals surface area contributed by atoms with Gasteiger partial charge in [-0.3, -0.25) is 4.90 Å². The summed E-state index contributed by atoms with van der Waals surface area (Å²) >= 11 is 0. The molecule has 0 radical (unpaired) electrons. The Morgan fingerprint density at radius 1 is 1.19 bits per heavy atom. The molecule has 0 amide bonds. The van der Waals surface area contributed by atoms with Crippen LogP contribution in [0, 0.1) is 0 Å². The lowest BCUT2D eigenvalue weighted by molar-refractivity contribution is 0.0390. The second kappa shape index (κ2) is 7.89. The standard InChI is InChI=1S/C15H24N2O3S/c1-2-3-14-4-6-15(7-5-14)21(18,19)16-8-9-17-10-12-20-13-11-17/h4-7,16H,2-3,8-13H2,1H3. The Balaban J connectivity index is 1.85. The molecule has 0 saturated carbocycles. The van der Waals surface area contributed by atoms with Gasteiger partial charge in [0, 0.05) is 26.2 Å². The molecule has 1 aliphatic rings. The topological polar surface area (TPSA) is 58.6 Å². The lowest BCUT2D eigenvalue weighted by Crippen LogP contribution is -2.41. The van der Waals surface area contributed by atoms with Gasteiger partial charge in [0.2, 0.25) is 10.0 Å². The summed E-state index contributed by atoms with van der Waals surface area (Å²) in [5.41, 5.74) is 1.17. The maximum absolute atomic E-state index is 12.2. The fraction of sp³-hybridized carbons (Fsp3) is 0.600. The minimum Gasteiger partial charge on any atom is -0.379 e. The van der Waals surface area contributed by atoms with Crippen molar-refractivity contribution < 1.29 is 13.2 Å². The van der Waals surface area contributed by atoms with E-state index in [1.807, 2.05) is 12.1 Å². The maximum Gasteiger partial charge on any atom is 0.240 e. The second-order valence-corrected chi connectivity index (χ2v) is 7.01. The van der Waals surface area contributed by atoms with Crippen molar-refractivity contribution in [2.75, 3.05) is 39.4 Å². The predicted molar refractivity (Wildman–Crippen MR) is 82.9 cm³/mol. The largest absolute Gasteiger partial charge is 0.379 e. The number of rotatable bonds is 7. The zero-order valence-corrected chi connectivity index (χ0v) is 13.4. The first-order chi connectivity index (χ1) is 10.1. The SMILES string of the molecule is CCCc1ccc(S(=O)(=O)NCCN2CCOCC2)cc1. The summed E-state index contributed by atoms with van der Waals surface area (Å²) in [6.45, 7) is 6.45. The van der Waals surface area contributed by atoms with E-state index in [9.17, 15) is 8.42 Å². The smallest absolute Gasteiger partial charge is 0.240 e. The van der Waals surface area contributed by atoms with Crippen LogP contribution < -0.4 is 4.72 Å². The van der Waals surface area contributed by atoms with Gasteiger partial charge in [-0.2, -0.15) is 0 Å². The van der Waals surface area contributed by atoms with Crippen LogP contribution >= 0.6 is 0 Å². The van der Waals surface area contributed by atoms with Crippen molar-refractivity contribution >= 4 is 10.0 Å². The molecule has 1 heterocycles. The van der Waals surface area contributed by atoms with Crippen LogP contribution in [0.3, 0.4) is 0 Å². The van der Waals surface area contributed by atoms with Gasteiger partial charge >= 0.3 is 0 Å². The second-order valence-electron chi connectivity index (χ2n) is 5.25. The minimum absolute atomic E-state index is 0.337. The lowest BCUT2D eigenvalue weighted by Gasteiger charge is -2.26. The van der Waals surface area contributed by atoms with Crippen molar-refractivity contribution in [3.8, 4) is 0 Å². The first-order valence-corrected chi connectivity index (χ1v) is 8.99. The van der Waals surface area contributed by atoms with E-state index in [1.165, 1.54) is 5.56 Å². The van der Waals surface area contributed by atoms with Crippen LogP contribution in [0.2, 0.25) is 0 Å². The third-order valence-electron chi connectivity index (χ3n) is 3.60. The van der Waals surface area contributed by atoms with Gasteiger partial charge in [0.05, 0.1) is 18.1 Å². The first kappa shape index (κ1) is 16.4. The quantitative estimate of drug-likeness (QED) is 0.823. The number of nitrogens with zero attached hydrogens (tertiary/aromatic N) is 1. The average molecular weight is 312 g/mol. The van der Waals surface area contributed by atoms with Gasteiger partial charge < -0.3 is 4.74 Å². The predicted octanol–water partition coefficient (Wildman–Crippen LogP) is 1.25. The summed E-state index contributed by atoms with van der Waals surface area (Å²) in [5, 5.41) is 0. The van der Waals surface area contributed by atoms with Crippen molar-refractivity contribution in [1.29, 1.82) is 0 Å². The van der Waals surface area contributed by atoms with Crippen LogP contribution in [0.25, 0.3) is 0 Å². The van der Waals surface area contributed by atoms with Crippen LogP contribution in [0.1, 0.15) is 18.9 Å². The molecule has 0 atom stereocenters. The van der Waals surface area contributed by atoms with Crippen molar-refractivity contribution in [3.05, 3.63) is 29.8 Å². The molecule has 1 fully saturated rings. The summed E-state index contributed by atoms with van der Waals surface area (Å²) in [4.78, 5) is 2.54. The Bertz CT molecular complexity index is 522. The van der Waals surface area contributed by atoms with E-state index in [1.54, 1.807) is 12.1 Å². The number of hydrogen-bond donors (Lipinski definition) is 1. The molecule has 0 aromatic heterocycles. The highest BCUT2D eigenvalue weighted by molar-refractivity contribution is 7.89. The normalized spacial score (nSPS) is 17.0. The van der Waals surface area contributed by atoms with E-state index in [4.69, 9.17) is 4.74 Å². The van der Waals surface area contributed by atoms with Crippen molar-refractivity contribution in [2.24, 2.45) is 0 Å². The first-order valence-electron chi connectivity index (χ1n) is 7.50. The zero-order chi connectivity index (χ0) is 15.1. The van der Waals surface area contributed by atoms with Gasteiger partial charge in [-0.25, -0.2) is 13.1 Å². The minimum atomic E-state index is -3.40. The molecule has 118 valence electrons. The lowest BCUT2D eigenvalue weighted by atomic mass is 10.1. The number of ether oxygens (including phenoxy) is 1. The molecule has 2 rings (SSSR count). The molecular weight excluding hydrogens is 288 g/mol. The summed E-state index contributed by atoms with van der Waals surface area (Å²) in [6, 6.07) is 7.14. The van der Waals surface area contributed by atoms with Gasteiger partial charge in [-0.1, -0.05) is 25.5 Å². The molecular formula is C15H24N2O3S. The number of sulfonamides is 1. The third-order valence-corrected chi connectivity index (χ3v) is 5.07. The molecule has 1 aliphatic heterocycles. The number of hydrogen-bond acceptors (Lipinski definition) is 4. The monoisotopic (exact) mass is 312 g/mol. The summed E-state index contributed by atoms with van der Waals surface area (Å²) in [7, 11) is -3.40. The average Bonchev–Trinajstić information content (AvgIpc) is 2.49. The molecule has 5 nitrogen and oxygen atoms in total. The summed E-state index contributed by atoms with van der Waals surface area (Å²) < 4.78 is 32.3. The summed E-state index contributed by atoms with van der Waals surface area (Å²) in [6.07, 6.45) is 2.04. The van der Waals surface area contributed by atoms with Crippen molar-refractivity contribution in [2.45, 2.75) is 24.7 Å². The number of aryl methyl sites for hydroxylation is 1. The number of benzene rings is 1. The highest BCUT2D eigenvalue weighted by Crippen LogP contribution is 2.11. The van der Waals surface area contributed by atoms with Crippen LogP contribution in [0.5, 0.6) is 0 Å². The van der Waals surface area contributed by atoms with Crippen LogP contribution in [0.15, 0.2) is 29.2 Å². The fourth-order valence-corrected chi connectivity index (χ4v) is 3.39. The van der Waals surface area contributed by atoms with E-state index in [-0.39, 0.29) is 0 Å². The van der Waals surface area contributed by atoms with Gasteiger partial charge in [0.15, 0.2) is 0 Å². The fourth-order valence-electron chi connectivity index (χ4n) is 2.37. The van der Waals surface area contributed by atoms with Crippen molar-refractivity contribution in [3.63, 3.8) is 0 Å². The van der Waals surface area contributed by atoms with Gasteiger partial charge in [-0.05, 0) is 24.1 Å². The molecule has 1 aromatic rings. The van der Waals surface area contributed by atoms with Crippen LogP contribution in [-0.2, 0) is 21.2 Å². The zero-order valence-electron chi connectivity index (χ0n) is 12.5. The molecule has 1 saturated heterocycles. The van der Waals surface area contributed by atoms with Crippen LogP contribution in [0.4, 0.5) is 0 Å². The molecule has 6 heteroatoms. The number of morpholine rings is 1. The number of nitrogens with one attached hydrogen (secondary N) is 1. The Morgan fingerprint density at radius 2 is 1.86 bits per heavy atom. The molecule has 0 bridgehead atoms. The van der Waals surface area contributed by atoms with E-state index >= 15 is 0 Å². The Labute approximate surface area is 127 Å². The highest BCUT2D eigenvalue weighted by Gasteiger charge is 2.15. The van der Waals surface area contributed by atoms with Gasteiger partial charge in [0.1, 0.15) is 0 Å². The Morgan fingerprint density at radius 3 is 2.48 bits per heavy atom. The highest BCUT2D eigenvalue weighted by atomic mass is 32.2. The summed E-state index contributed by atoms with van der Waals surface area (Å²) in [5.74, 6) is 0.